The molecule has 122 valence electrons. The Morgan fingerprint density at radius 2 is 1.86 bits per heavy atom. The molecule has 1 amide bonds. The number of aliphatic carboxylic acids is 1. The number of rotatable bonds is 6. The van der Waals surface area contributed by atoms with Crippen molar-refractivity contribution < 1.29 is 24.2 Å². The zero-order valence-electron chi connectivity index (χ0n) is 12.4. The molecule has 3 rings (SSSR count). The van der Waals surface area contributed by atoms with Gasteiger partial charge in [0.25, 0.3) is 0 Å². The van der Waals surface area contributed by atoms with Gasteiger partial charge in [-0.1, -0.05) is 12.2 Å². The SMILES string of the molecule is O=C(NCCCN1CCOCC1)[C@@H]1[C@H](C(=O)O)[C@@H]2C=C[C@H]1O2. The Kier molecular flexibility index (Phi) is 4.75. The van der Waals surface area contributed by atoms with Crippen molar-refractivity contribution in [3.05, 3.63) is 12.2 Å². The number of fused-ring (bicyclic) bond motifs is 2. The van der Waals surface area contributed by atoms with Gasteiger partial charge < -0.3 is 19.9 Å². The molecule has 7 nitrogen and oxygen atoms in total. The molecule has 7 heteroatoms. The average Bonchev–Trinajstić information content (AvgIpc) is 3.13. The first-order chi connectivity index (χ1) is 10.7. The minimum atomic E-state index is -0.967. The maximum Gasteiger partial charge on any atom is 0.310 e. The lowest BCUT2D eigenvalue weighted by Gasteiger charge is -2.26. The van der Waals surface area contributed by atoms with Gasteiger partial charge in [-0.2, -0.15) is 0 Å². The van der Waals surface area contributed by atoms with Crippen LogP contribution in [-0.2, 0) is 19.1 Å². The third kappa shape index (κ3) is 3.16. The number of morpholine rings is 1. The highest BCUT2D eigenvalue weighted by Crippen LogP contribution is 2.39. The van der Waals surface area contributed by atoms with Crippen LogP contribution in [0.2, 0.25) is 0 Å². The van der Waals surface area contributed by atoms with E-state index < -0.39 is 30.0 Å². The normalized spacial score (nSPS) is 34.0. The molecule has 2 N–H and O–H groups in total. The standard InChI is InChI=1S/C15H22N2O5/c18-14(16-4-1-5-17-6-8-21-9-7-17)12-10-2-3-11(22-10)13(12)15(19)20/h2-3,10-13H,1,4-9H2,(H,16,18)(H,19,20)/t10-,11+,12+,13-/m1/s1. The first-order valence-electron chi connectivity index (χ1n) is 7.81. The zero-order valence-corrected chi connectivity index (χ0v) is 12.4. The highest BCUT2D eigenvalue weighted by molar-refractivity contribution is 5.87. The molecule has 0 aromatic heterocycles. The van der Waals surface area contributed by atoms with Crippen LogP contribution in [-0.4, -0.2) is 73.5 Å². The topological polar surface area (TPSA) is 88.1 Å². The van der Waals surface area contributed by atoms with Crippen LogP contribution in [0.3, 0.4) is 0 Å². The lowest BCUT2D eigenvalue weighted by Crippen LogP contribution is -2.43. The number of ether oxygens (including phenoxy) is 2. The van der Waals surface area contributed by atoms with E-state index in [0.717, 1.165) is 39.3 Å². The second-order valence-corrected chi connectivity index (χ2v) is 5.94. The Morgan fingerprint density at radius 1 is 1.18 bits per heavy atom. The Balaban J connectivity index is 1.43. The molecule has 22 heavy (non-hydrogen) atoms. The van der Waals surface area contributed by atoms with Gasteiger partial charge in [-0.05, 0) is 13.0 Å². The molecule has 0 aromatic rings. The molecule has 0 aliphatic carbocycles. The Hall–Kier alpha value is -1.44. The number of carboxylic acid groups (broad SMARTS) is 1. The van der Waals surface area contributed by atoms with Gasteiger partial charge in [0.15, 0.2) is 0 Å². The van der Waals surface area contributed by atoms with Gasteiger partial charge in [-0.3, -0.25) is 14.5 Å². The highest BCUT2D eigenvalue weighted by Gasteiger charge is 2.53. The maximum absolute atomic E-state index is 12.3. The summed E-state index contributed by atoms with van der Waals surface area (Å²) in [4.78, 5) is 25.9. The second kappa shape index (κ2) is 6.76. The maximum atomic E-state index is 12.3. The first-order valence-corrected chi connectivity index (χ1v) is 7.81. The average molecular weight is 310 g/mol. The van der Waals surface area contributed by atoms with Crippen LogP contribution in [0.25, 0.3) is 0 Å². The molecule has 3 aliphatic rings. The summed E-state index contributed by atoms with van der Waals surface area (Å²) in [7, 11) is 0. The number of carbonyl (C=O) groups is 2. The number of nitrogens with zero attached hydrogens (tertiary/aromatic N) is 1. The van der Waals surface area contributed by atoms with Gasteiger partial charge in [0, 0.05) is 19.6 Å². The van der Waals surface area contributed by atoms with Gasteiger partial charge in [-0.25, -0.2) is 0 Å². The summed E-state index contributed by atoms with van der Waals surface area (Å²) in [5.41, 5.74) is 0. The van der Waals surface area contributed by atoms with Crippen LogP contribution in [0, 0.1) is 11.8 Å². The summed E-state index contributed by atoms with van der Waals surface area (Å²) in [5, 5.41) is 12.1. The number of hydrogen-bond acceptors (Lipinski definition) is 5. The number of hydrogen-bond donors (Lipinski definition) is 2. The molecular weight excluding hydrogens is 288 g/mol. The summed E-state index contributed by atoms with van der Waals surface area (Å²) in [6.45, 7) is 4.86. The number of carbonyl (C=O) groups excluding carboxylic acids is 1. The largest absolute Gasteiger partial charge is 0.481 e. The molecule has 0 saturated carbocycles. The summed E-state index contributed by atoms with van der Waals surface area (Å²) in [6.07, 6.45) is 3.52. The molecule has 4 atom stereocenters. The zero-order chi connectivity index (χ0) is 15.5. The van der Waals surface area contributed by atoms with E-state index in [1.807, 2.05) is 0 Å². The molecule has 0 unspecified atom stereocenters. The molecule has 2 bridgehead atoms. The molecule has 3 aliphatic heterocycles. The summed E-state index contributed by atoms with van der Waals surface area (Å²) in [5.74, 6) is -2.57. The van der Waals surface area contributed by atoms with Crippen molar-refractivity contribution in [1.82, 2.24) is 10.2 Å². The molecule has 0 spiro atoms. The van der Waals surface area contributed by atoms with Gasteiger partial charge >= 0.3 is 5.97 Å². The van der Waals surface area contributed by atoms with Crippen LogP contribution < -0.4 is 5.32 Å². The van der Waals surface area contributed by atoms with E-state index in [1.54, 1.807) is 12.2 Å². The van der Waals surface area contributed by atoms with Crippen LogP contribution in [0.15, 0.2) is 12.2 Å². The van der Waals surface area contributed by atoms with E-state index in [1.165, 1.54) is 0 Å². The predicted molar refractivity (Wildman–Crippen MR) is 77.3 cm³/mol. The Morgan fingerprint density at radius 3 is 2.55 bits per heavy atom. The molecule has 2 fully saturated rings. The summed E-state index contributed by atoms with van der Waals surface area (Å²) in [6, 6.07) is 0. The van der Waals surface area contributed by atoms with Gasteiger partial charge in [0.05, 0.1) is 31.3 Å². The van der Waals surface area contributed by atoms with Crippen molar-refractivity contribution in [2.24, 2.45) is 11.8 Å². The molecule has 2 saturated heterocycles. The van der Waals surface area contributed by atoms with Crippen molar-refractivity contribution in [3.8, 4) is 0 Å². The second-order valence-electron chi connectivity index (χ2n) is 5.94. The smallest absolute Gasteiger partial charge is 0.310 e. The summed E-state index contributed by atoms with van der Waals surface area (Å²) >= 11 is 0. The van der Waals surface area contributed by atoms with E-state index in [9.17, 15) is 14.7 Å². The fraction of sp³-hybridized carbons (Fsp3) is 0.733. The number of carboxylic acids is 1. The molecule has 0 aromatic carbocycles. The quantitative estimate of drug-likeness (QED) is 0.507. The van der Waals surface area contributed by atoms with Crippen LogP contribution in [0.4, 0.5) is 0 Å². The molecular formula is C15H22N2O5. The van der Waals surface area contributed by atoms with Crippen molar-refractivity contribution in [2.45, 2.75) is 18.6 Å². The van der Waals surface area contributed by atoms with E-state index in [4.69, 9.17) is 9.47 Å². The third-order valence-corrected chi connectivity index (χ3v) is 4.54. The highest BCUT2D eigenvalue weighted by atomic mass is 16.5. The fourth-order valence-electron chi connectivity index (χ4n) is 3.37. The number of nitrogens with one attached hydrogen (secondary N) is 1. The summed E-state index contributed by atoms with van der Waals surface area (Å²) < 4.78 is 10.8. The van der Waals surface area contributed by atoms with E-state index >= 15 is 0 Å². The molecule has 0 radical (unpaired) electrons. The van der Waals surface area contributed by atoms with Crippen LogP contribution >= 0.6 is 0 Å². The fourth-order valence-corrected chi connectivity index (χ4v) is 3.37. The van der Waals surface area contributed by atoms with E-state index in [0.29, 0.717) is 6.54 Å². The number of amides is 1. The van der Waals surface area contributed by atoms with E-state index in [2.05, 4.69) is 10.2 Å². The van der Waals surface area contributed by atoms with Crippen molar-refractivity contribution >= 4 is 11.9 Å². The minimum absolute atomic E-state index is 0.216. The lowest BCUT2D eigenvalue weighted by molar-refractivity contribution is -0.146. The van der Waals surface area contributed by atoms with Crippen molar-refractivity contribution in [2.75, 3.05) is 39.4 Å². The van der Waals surface area contributed by atoms with Crippen molar-refractivity contribution in [1.29, 1.82) is 0 Å². The Bertz CT molecular complexity index is 461. The van der Waals surface area contributed by atoms with Crippen molar-refractivity contribution in [3.63, 3.8) is 0 Å². The van der Waals surface area contributed by atoms with Crippen LogP contribution in [0.1, 0.15) is 6.42 Å². The predicted octanol–water partition coefficient (Wildman–Crippen LogP) is -0.521. The van der Waals surface area contributed by atoms with Gasteiger partial charge in [-0.15, -0.1) is 0 Å². The third-order valence-electron chi connectivity index (χ3n) is 4.54. The van der Waals surface area contributed by atoms with Gasteiger partial charge in [0.2, 0.25) is 5.91 Å². The monoisotopic (exact) mass is 310 g/mol. The molecule has 3 heterocycles. The van der Waals surface area contributed by atoms with Gasteiger partial charge in [0.1, 0.15) is 5.92 Å². The Labute approximate surface area is 129 Å². The minimum Gasteiger partial charge on any atom is -0.481 e. The lowest BCUT2D eigenvalue weighted by atomic mass is 9.82. The van der Waals surface area contributed by atoms with Crippen LogP contribution in [0.5, 0.6) is 0 Å². The first kappa shape index (κ1) is 15.5. The van der Waals surface area contributed by atoms with E-state index in [-0.39, 0.29) is 5.91 Å².